The first-order valence-electron chi connectivity index (χ1n) is 8.08. The molecule has 2 aromatic carbocycles. The topological polar surface area (TPSA) is 39.3 Å². The first kappa shape index (κ1) is 13.9. The molecular weight excluding hydrogens is 322 g/mol. The van der Waals surface area contributed by atoms with Gasteiger partial charge in [-0.15, -0.1) is 0 Å². The molecule has 0 saturated carbocycles. The van der Waals surface area contributed by atoms with Gasteiger partial charge in [-0.1, -0.05) is 29.8 Å². The first-order chi connectivity index (χ1) is 11.6. The minimum atomic E-state index is -0.0951. The summed E-state index contributed by atoms with van der Waals surface area (Å²) in [5.74, 6) is 0.0555. The minimum absolute atomic E-state index is 0.0555. The molecule has 0 spiro atoms. The standard InChI is InChI=1S/C19H16ClN3O/c1-22-16-7-6-11(20)10-14(16)19(24)23-9-8-13-12-4-2-3-5-15(12)21-17(13)18(22)23/h2-7,10,18,21H,8-9H2,1H3. The van der Waals surface area contributed by atoms with Crippen LogP contribution in [0.15, 0.2) is 42.5 Å². The van der Waals surface area contributed by atoms with E-state index in [1.807, 2.05) is 30.1 Å². The van der Waals surface area contributed by atoms with E-state index in [0.29, 0.717) is 17.1 Å². The fraction of sp³-hybridized carbons (Fsp3) is 0.211. The molecule has 1 unspecified atom stereocenters. The van der Waals surface area contributed by atoms with E-state index < -0.39 is 0 Å². The van der Waals surface area contributed by atoms with Crippen LogP contribution in [0.3, 0.4) is 0 Å². The third-order valence-electron chi connectivity index (χ3n) is 5.20. The molecule has 1 N–H and O–H groups in total. The lowest BCUT2D eigenvalue weighted by Crippen LogP contribution is -2.51. The number of aromatic nitrogens is 1. The average Bonchev–Trinajstić information content (AvgIpc) is 2.97. The number of nitrogens with one attached hydrogen (secondary N) is 1. The molecule has 2 aliphatic heterocycles. The Morgan fingerprint density at radius 1 is 1.21 bits per heavy atom. The molecule has 4 nitrogen and oxygen atoms in total. The van der Waals surface area contributed by atoms with Crippen molar-refractivity contribution in [2.45, 2.75) is 12.6 Å². The molecule has 0 aliphatic carbocycles. The number of amides is 1. The van der Waals surface area contributed by atoms with Gasteiger partial charge in [-0.3, -0.25) is 4.79 Å². The minimum Gasteiger partial charge on any atom is -0.355 e. The number of fused-ring (bicyclic) bond motifs is 6. The molecular formula is C19H16ClN3O. The summed E-state index contributed by atoms with van der Waals surface area (Å²) < 4.78 is 0. The second-order valence-electron chi connectivity index (χ2n) is 6.46. The highest BCUT2D eigenvalue weighted by Crippen LogP contribution is 2.43. The van der Waals surface area contributed by atoms with Crippen LogP contribution in [0.2, 0.25) is 5.02 Å². The third kappa shape index (κ3) is 1.72. The lowest BCUT2D eigenvalue weighted by atomic mass is 9.96. The van der Waals surface area contributed by atoms with Crippen LogP contribution < -0.4 is 4.90 Å². The monoisotopic (exact) mass is 337 g/mol. The van der Waals surface area contributed by atoms with E-state index in [0.717, 1.165) is 23.3 Å². The molecule has 1 aromatic heterocycles. The number of halogens is 1. The normalized spacial score (nSPS) is 19.2. The number of aromatic amines is 1. The highest BCUT2D eigenvalue weighted by molar-refractivity contribution is 6.31. The molecule has 3 heterocycles. The Hall–Kier alpha value is -2.46. The maximum absolute atomic E-state index is 13.0. The van der Waals surface area contributed by atoms with Crippen molar-refractivity contribution < 1.29 is 4.79 Å². The fourth-order valence-electron chi connectivity index (χ4n) is 4.11. The van der Waals surface area contributed by atoms with Crippen molar-refractivity contribution in [2.75, 3.05) is 18.5 Å². The zero-order valence-electron chi connectivity index (χ0n) is 13.2. The van der Waals surface area contributed by atoms with Crippen LogP contribution in [0.5, 0.6) is 0 Å². The highest BCUT2D eigenvalue weighted by atomic mass is 35.5. The van der Waals surface area contributed by atoms with Gasteiger partial charge in [0.25, 0.3) is 5.91 Å². The van der Waals surface area contributed by atoms with Crippen LogP contribution in [0.1, 0.15) is 27.8 Å². The number of hydrogen-bond acceptors (Lipinski definition) is 2. The third-order valence-corrected chi connectivity index (χ3v) is 5.43. The highest BCUT2D eigenvalue weighted by Gasteiger charge is 2.41. The van der Waals surface area contributed by atoms with Gasteiger partial charge in [0, 0.05) is 29.5 Å². The van der Waals surface area contributed by atoms with Crippen molar-refractivity contribution in [3.63, 3.8) is 0 Å². The number of H-pyrrole nitrogens is 1. The molecule has 0 bridgehead atoms. The van der Waals surface area contributed by atoms with E-state index >= 15 is 0 Å². The fourth-order valence-corrected chi connectivity index (χ4v) is 4.28. The summed E-state index contributed by atoms with van der Waals surface area (Å²) in [5, 5.41) is 1.85. The molecule has 5 heteroatoms. The van der Waals surface area contributed by atoms with Gasteiger partial charge in [0.2, 0.25) is 0 Å². The summed E-state index contributed by atoms with van der Waals surface area (Å²) in [4.78, 5) is 20.7. The Labute approximate surface area is 144 Å². The molecule has 0 radical (unpaired) electrons. The average molecular weight is 338 g/mol. The Balaban J connectivity index is 1.73. The molecule has 0 fully saturated rings. The lowest BCUT2D eigenvalue weighted by molar-refractivity contribution is 0.0634. The maximum Gasteiger partial charge on any atom is 0.257 e. The molecule has 120 valence electrons. The van der Waals surface area contributed by atoms with Crippen LogP contribution >= 0.6 is 11.6 Å². The van der Waals surface area contributed by atoms with Gasteiger partial charge in [0.15, 0.2) is 0 Å². The molecule has 1 atom stereocenters. The lowest BCUT2D eigenvalue weighted by Gasteiger charge is -2.46. The van der Waals surface area contributed by atoms with E-state index in [9.17, 15) is 4.79 Å². The Morgan fingerprint density at radius 2 is 2.04 bits per heavy atom. The second-order valence-corrected chi connectivity index (χ2v) is 6.89. The van der Waals surface area contributed by atoms with Crippen molar-refractivity contribution >= 4 is 34.1 Å². The van der Waals surface area contributed by atoms with E-state index in [2.05, 4.69) is 28.1 Å². The van der Waals surface area contributed by atoms with E-state index in [-0.39, 0.29) is 12.1 Å². The second kappa shape index (κ2) is 4.77. The summed E-state index contributed by atoms with van der Waals surface area (Å²) in [6.45, 7) is 0.717. The van der Waals surface area contributed by atoms with Crippen molar-refractivity contribution in [3.8, 4) is 0 Å². The molecule has 1 amide bonds. The van der Waals surface area contributed by atoms with Crippen LogP contribution in [0.25, 0.3) is 10.9 Å². The number of anilines is 1. The maximum atomic E-state index is 13.0. The van der Waals surface area contributed by atoms with Gasteiger partial charge in [-0.25, -0.2) is 0 Å². The van der Waals surface area contributed by atoms with E-state index in [1.165, 1.54) is 10.9 Å². The number of para-hydroxylation sites is 1. The largest absolute Gasteiger partial charge is 0.355 e. The van der Waals surface area contributed by atoms with Crippen LogP contribution in [-0.4, -0.2) is 29.4 Å². The summed E-state index contributed by atoms with van der Waals surface area (Å²) in [6, 6.07) is 13.9. The quantitative estimate of drug-likeness (QED) is 0.674. The molecule has 5 rings (SSSR count). The predicted molar refractivity (Wildman–Crippen MR) is 95.6 cm³/mol. The van der Waals surface area contributed by atoms with Gasteiger partial charge in [0.05, 0.1) is 16.9 Å². The summed E-state index contributed by atoms with van der Waals surface area (Å²) >= 11 is 6.10. The van der Waals surface area contributed by atoms with Crippen molar-refractivity contribution in [1.29, 1.82) is 0 Å². The van der Waals surface area contributed by atoms with Crippen LogP contribution in [0.4, 0.5) is 5.69 Å². The zero-order valence-corrected chi connectivity index (χ0v) is 14.0. The van der Waals surface area contributed by atoms with E-state index in [4.69, 9.17) is 11.6 Å². The Morgan fingerprint density at radius 3 is 2.92 bits per heavy atom. The Kier molecular flexibility index (Phi) is 2.77. The summed E-state index contributed by atoms with van der Waals surface area (Å²) in [6.07, 6.45) is 0.771. The molecule has 0 saturated heterocycles. The van der Waals surface area contributed by atoms with Gasteiger partial charge >= 0.3 is 0 Å². The van der Waals surface area contributed by atoms with Gasteiger partial charge in [-0.05, 0) is 36.2 Å². The van der Waals surface area contributed by atoms with E-state index in [1.54, 1.807) is 6.07 Å². The van der Waals surface area contributed by atoms with Gasteiger partial charge in [-0.2, -0.15) is 0 Å². The number of carbonyl (C=O) groups excluding carboxylic acids is 1. The van der Waals surface area contributed by atoms with Crippen molar-refractivity contribution in [2.24, 2.45) is 0 Å². The Bertz CT molecular complexity index is 993. The predicted octanol–water partition coefficient (Wildman–Crippen LogP) is 3.97. The number of nitrogens with zero attached hydrogens (tertiary/aromatic N) is 2. The first-order valence-corrected chi connectivity index (χ1v) is 8.46. The smallest absolute Gasteiger partial charge is 0.257 e. The van der Waals surface area contributed by atoms with Crippen molar-refractivity contribution in [3.05, 3.63) is 64.3 Å². The number of carbonyl (C=O) groups is 1. The number of rotatable bonds is 0. The van der Waals surface area contributed by atoms with Gasteiger partial charge in [0.1, 0.15) is 6.17 Å². The number of benzene rings is 2. The molecule has 2 aliphatic rings. The molecule has 24 heavy (non-hydrogen) atoms. The number of hydrogen-bond donors (Lipinski definition) is 1. The zero-order chi connectivity index (χ0) is 16.4. The van der Waals surface area contributed by atoms with Crippen LogP contribution in [0, 0.1) is 0 Å². The van der Waals surface area contributed by atoms with Gasteiger partial charge < -0.3 is 14.8 Å². The summed E-state index contributed by atoms with van der Waals surface area (Å²) in [7, 11) is 2.04. The van der Waals surface area contributed by atoms with Crippen molar-refractivity contribution in [1.82, 2.24) is 9.88 Å². The van der Waals surface area contributed by atoms with Crippen LogP contribution in [-0.2, 0) is 6.42 Å². The SMILES string of the molecule is CN1c2ccc(Cl)cc2C(=O)N2CCc3c([nH]c4ccccc34)C21. The summed E-state index contributed by atoms with van der Waals surface area (Å²) in [5.41, 5.74) is 5.19. The molecule has 3 aromatic rings.